The van der Waals surface area contributed by atoms with E-state index in [9.17, 15) is 0 Å². The molecule has 0 radical (unpaired) electrons. The van der Waals surface area contributed by atoms with Gasteiger partial charge in [0.1, 0.15) is 17.3 Å². The van der Waals surface area contributed by atoms with Crippen molar-refractivity contribution in [2.24, 2.45) is 0 Å². The number of halogens is 1. The summed E-state index contributed by atoms with van der Waals surface area (Å²) in [4.78, 5) is 14.1. The highest BCUT2D eigenvalue weighted by Crippen LogP contribution is 2.32. The third-order valence-electron chi connectivity index (χ3n) is 5.41. The molecule has 30 heavy (non-hydrogen) atoms. The Labute approximate surface area is 184 Å². The van der Waals surface area contributed by atoms with E-state index in [1.54, 1.807) is 7.11 Å². The van der Waals surface area contributed by atoms with E-state index >= 15 is 0 Å². The molecular formula is C22H30ClN5O2. The maximum absolute atomic E-state index is 6.34. The molecule has 3 aliphatic rings. The van der Waals surface area contributed by atoms with Crippen LogP contribution in [0.1, 0.15) is 50.9 Å². The molecular weight excluding hydrogens is 402 g/mol. The van der Waals surface area contributed by atoms with E-state index in [0.717, 1.165) is 66.2 Å². The minimum absolute atomic E-state index is 0. The molecule has 8 heteroatoms. The number of methoxy groups -OCH3 is 1. The number of benzene rings is 1. The van der Waals surface area contributed by atoms with Crippen molar-refractivity contribution in [3.8, 4) is 23.0 Å². The first-order chi connectivity index (χ1) is 14.2. The highest BCUT2D eigenvalue weighted by atomic mass is 35.5. The Bertz CT molecular complexity index is 939. The summed E-state index contributed by atoms with van der Waals surface area (Å²) >= 11 is 0. The largest absolute Gasteiger partial charge is 0.497 e. The minimum Gasteiger partial charge on any atom is -0.497 e. The number of nitrogens with zero attached hydrogens (tertiary/aromatic N) is 4. The molecule has 0 aromatic heterocycles. The monoisotopic (exact) mass is 431 g/mol. The van der Waals surface area contributed by atoms with Crippen LogP contribution in [0.3, 0.4) is 0 Å². The molecule has 0 atom stereocenters. The van der Waals surface area contributed by atoms with Gasteiger partial charge in [0, 0.05) is 31.1 Å². The fourth-order valence-electron chi connectivity index (χ4n) is 3.86. The Morgan fingerprint density at radius 1 is 1.17 bits per heavy atom. The van der Waals surface area contributed by atoms with Gasteiger partial charge >= 0.3 is 0 Å². The quantitative estimate of drug-likeness (QED) is 0.563. The number of hydrogen-bond acceptors (Lipinski definition) is 6. The van der Waals surface area contributed by atoms with Gasteiger partial charge in [0.2, 0.25) is 0 Å². The van der Waals surface area contributed by atoms with Gasteiger partial charge in [-0.25, -0.2) is 15.0 Å². The number of ether oxygens (including phenoxy) is 2. The molecule has 0 saturated heterocycles. The van der Waals surface area contributed by atoms with Crippen LogP contribution in [-0.4, -0.2) is 39.3 Å². The maximum Gasteiger partial charge on any atom is 0.165 e. The average molecular weight is 432 g/mol. The third-order valence-corrected chi connectivity index (χ3v) is 5.41. The Morgan fingerprint density at radius 3 is 2.67 bits per heavy atom. The standard InChI is InChI=1S/C22H29N5O2.ClH/c1-4-23-21-20-22(27(5-2)14-24-21)26-19(25-20)12-15-10-11-17(28-3)13-18(15)29-16-8-6-7-9-16;/h10-11,13-14,16,23H,4-9,12H2,1-3H3;1H. The summed E-state index contributed by atoms with van der Waals surface area (Å²) in [5.41, 5.74) is 1.90. The van der Waals surface area contributed by atoms with Crippen LogP contribution in [0, 0.1) is 0 Å². The van der Waals surface area contributed by atoms with Gasteiger partial charge < -0.3 is 19.4 Å². The van der Waals surface area contributed by atoms with Gasteiger partial charge in [-0.3, -0.25) is 0 Å². The Morgan fingerprint density at radius 2 is 1.97 bits per heavy atom. The molecule has 0 unspecified atom stereocenters. The van der Waals surface area contributed by atoms with Gasteiger partial charge in [-0.05, 0) is 45.6 Å². The van der Waals surface area contributed by atoms with E-state index in [1.807, 2.05) is 23.0 Å². The van der Waals surface area contributed by atoms with Crippen molar-refractivity contribution in [1.29, 1.82) is 0 Å². The molecule has 0 spiro atoms. The highest BCUT2D eigenvalue weighted by Gasteiger charge is 2.22. The smallest absolute Gasteiger partial charge is 0.165 e. The molecule has 162 valence electrons. The zero-order chi connectivity index (χ0) is 20.2. The molecule has 2 heterocycles. The second-order valence-electron chi connectivity index (χ2n) is 7.40. The number of anilines is 1. The van der Waals surface area contributed by atoms with E-state index in [-0.39, 0.29) is 18.5 Å². The number of aromatic nitrogens is 4. The lowest BCUT2D eigenvalue weighted by molar-refractivity contribution is 0.207. The van der Waals surface area contributed by atoms with Crippen molar-refractivity contribution in [2.45, 2.75) is 58.6 Å². The van der Waals surface area contributed by atoms with E-state index in [4.69, 9.17) is 19.4 Å². The normalized spacial score (nSPS) is 14.0. The Balaban J connectivity index is 0.00000256. The lowest BCUT2D eigenvalue weighted by Gasteiger charge is -2.17. The summed E-state index contributed by atoms with van der Waals surface area (Å²) in [6, 6.07) is 6.01. The number of rotatable bonds is 8. The first-order valence-corrected chi connectivity index (χ1v) is 10.5. The fourth-order valence-corrected chi connectivity index (χ4v) is 3.86. The van der Waals surface area contributed by atoms with E-state index in [1.165, 1.54) is 12.8 Å². The number of fused-ring (bicyclic) bond motifs is 1. The number of nitrogens with one attached hydrogen (secondary N) is 1. The maximum atomic E-state index is 6.34. The second-order valence-corrected chi connectivity index (χ2v) is 7.40. The van der Waals surface area contributed by atoms with Crippen molar-refractivity contribution in [2.75, 3.05) is 19.0 Å². The topological polar surface area (TPSA) is 74.1 Å². The molecule has 1 saturated carbocycles. The first kappa shape index (κ1) is 22.2. The molecule has 7 nitrogen and oxygen atoms in total. The molecule has 1 N–H and O–H groups in total. The van der Waals surface area contributed by atoms with Crippen LogP contribution in [0.15, 0.2) is 24.5 Å². The Hall–Kier alpha value is -2.54. The van der Waals surface area contributed by atoms with Crippen molar-refractivity contribution >= 4 is 18.2 Å². The van der Waals surface area contributed by atoms with Crippen molar-refractivity contribution in [1.82, 2.24) is 19.5 Å². The first-order valence-electron chi connectivity index (χ1n) is 10.5. The SMILES string of the molecule is CCNc1ncn(CC)c2nc(Cc3ccc(OC)cc3OC3CCCC3)nc1-2.Cl. The van der Waals surface area contributed by atoms with Crippen molar-refractivity contribution < 1.29 is 9.47 Å². The molecule has 0 amide bonds. The molecule has 1 aromatic rings. The molecule has 1 aromatic carbocycles. The summed E-state index contributed by atoms with van der Waals surface area (Å²) in [7, 11) is 1.68. The van der Waals surface area contributed by atoms with Gasteiger partial charge in [-0.1, -0.05) is 6.07 Å². The number of hydrogen-bond donors (Lipinski definition) is 1. The summed E-state index contributed by atoms with van der Waals surface area (Å²) in [5, 5.41) is 3.29. The van der Waals surface area contributed by atoms with Crippen LogP contribution in [0.4, 0.5) is 5.82 Å². The number of imidazole rings is 1. The van der Waals surface area contributed by atoms with Crippen LogP contribution in [-0.2, 0) is 13.0 Å². The third kappa shape index (κ3) is 4.61. The highest BCUT2D eigenvalue weighted by molar-refractivity contribution is 5.85. The molecule has 2 aliphatic heterocycles. The van der Waals surface area contributed by atoms with Crippen LogP contribution < -0.4 is 14.8 Å². The van der Waals surface area contributed by atoms with Gasteiger partial charge in [-0.15, -0.1) is 12.4 Å². The van der Waals surface area contributed by atoms with Crippen LogP contribution in [0.2, 0.25) is 0 Å². The van der Waals surface area contributed by atoms with Gasteiger partial charge in [-0.2, -0.15) is 0 Å². The predicted octanol–water partition coefficient (Wildman–Crippen LogP) is 4.57. The van der Waals surface area contributed by atoms with Gasteiger partial charge in [0.15, 0.2) is 17.3 Å². The van der Waals surface area contributed by atoms with E-state index < -0.39 is 0 Å². The van der Waals surface area contributed by atoms with Crippen LogP contribution in [0.25, 0.3) is 11.5 Å². The van der Waals surface area contributed by atoms with E-state index in [2.05, 4.69) is 30.2 Å². The van der Waals surface area contributed by atoms with Crippen LogP contribution >= 0.6 is 12.4 Å². The summed E-state index contributed by atoms with van der Waals surface area (Å²) in [5.74, 6) is 4.09. The van der Waals surface area contributed by atoms with Crippen molar-refractivity contribution in [3.05, 3.63) is 35.9 Å². The number of aryl methyl sites for hydroxylation is 1. The summed E-state index contributed by atoms with van der Waals surface area (Å²) in [6.07, 6.45) is 7.41. The van der Waals surface area contributed by atoms with E-state index in [0.29, 0.717) is 6.42 Å². The van der Waals surface area contributed by atoms with Gasteiger partial charge in [0.25, 0.3) is 0 Å². The average Bonchev–Trinajstić information content (AvgIpc) is 3.39. The zero-order valence-electron chi connectivity index (χ0n) is 17.9. The fraction of sp³-hybridized carbons (Fsp3) is 0.500. The lowest BCUT2D eigenvalue weighted by atomic mass is 10.1. The lowest BCUT2D eigenvalue weighted by Crippen LogP contribution is -2.12. The zero-order valence-corrected chi connectivity index (χ0v) is 18.7. The molecule has 0 bridgehead atoms. The summed E-state index contributed by atoms with van der Waals surface area (Å²) < 4.78 is 13.8. The second kappa shape index (κ2) is 9.98. The Kier molecular flexibility index (Phi) is 7.37. The molecule has 1 fully saturated rings. The minimum atomic E-state index is 0. The summed E-state index contributed by atoms with van der Waals surface area (Å²) in [6.45, 7) is 5.72. The van der Waals surface area contributed by atoms with Crippen LogP contribution in [0.5, 0.6) is 11.5 Å². The predicted molar refractivity (Wildman–Crippen MR) is 120 cm³/mol. The molecule has 4 rings (SSSR count). The molecule has 1 aliphatic carbocycles. The van der Waals surface area contributed by atoms with Crippen molar-refractivity contribution in [3.63, 3.8) is 0 Å². The van der Waals surface area contributed by atoms with Gasteiger partial charge in [0.05, 0.1) is 19.5 Å².